The molecule has 0 spiro atoms. The Morgan fingerprint density at radius 2 is 1.92 bits per heavy atom. The lowest BCUT2D eigenvalue weighted by Crippen LogP contribution is -2.12. The third-order valence-corrected chi connectivity index (χ3v) is 5.59. The second-order valence-corrected chi connectivity index (χ2v) is 7.26. The zero-order valence-corrected chi connectivity index (χ0v) is 15.2. The van der Waals surface area contributed by atoms with Crippen LogP contribution >= 0.6 is 11.8 Å². The number of rotatable bonds is 4. The zero-order chi connectivity index (χ0) is 17.9. The van der Waals surface area contributed by atoms with Crippen molar-refractivity contribution in [1.82, 2.24) is 10.2 Å². The summed E-state index contributed by atoms with van der Waals surface area (Å²) < 4.78 is 6.13. The Bertz CT molecular complexity index is 924. The average molecular weight is 365 g/mol. The monoisotopic (exact) mass is 365 g/mol. The molecule has 0 radical (unpaired) electrons. The number of anilines is 1. The Morgan fingerprint density at radius 1 is 1.15 bits per heavy atom. The number of benzene rings is 2. The molecule has 132 valence electrons. The highest BCUT2D eigenvalue weighted by Gasteiger charge is 2.29. The van der Waals surface area contributed by atoms with Crippen molar-refractivity contribution in [3.8, 4) is 5.75 Å². The van der Waals surface area contributed by atoms with Crippen LogP contribution in [0.15, 0.2) is 54.6 Å². The second-order valence-electron chi connectivity index (χ2n) is 6.16. The number of thioether (sulfide) groups is 1. The summed E-state index contributed by atoms with van der Waals surface area (Å²) in [7, 11) is 0. The van der Waals surface area contributed by atoms with Crippen molar-refractivity contribution in [3.63, 3.8) is 0 Å². The third kappa shape index (κ3) is 3.32. The van der Waals surface area contributed by atoms with Gasteiger partial charge in [-0.15, -0.1) is 11.8 Å². The van der Waals surface area contributed by atoms with Gasteiger partial charge in [0.1, 0.15) is 12.4 Å². The predicted octanol–water partition coefficient (Wildman–Crippen LogP) is 4.07. The summed E-state index contributed by atoms with van der Waals surface area (Å²) in [5.41, 5.74) is 4.14. The number of carbonyl (C=O) groups excluding carboxylic acids is 1. The number of para-hydroxylation sites is 1. The highest BCUT2D eigenvalue weighted by molar-refractivity contribution is 8.00. The Labute approximate surface area is 156 Å². The van der Waals surface area contributed by atoms with Gasteiger partial charge in [0.2, 0.25) is 5.91 Å². The SMILES string of the molecule is Cc1[nH]nc2c1C(c1ccccc1OCc1ccccc1)SCC(=O)N2. The molecule has 1 atom stereocenters. The van der Waals surface area contributed by atoms with E-state index >= 15 is 0 Å². The molecular formula is C20H19N3O2S. The summed E-state index contributed by atoms with van der Waals surface area (Å²) in [6.07, 6.45) is 0. The molecule has 2 aromatic carbocycles. The maximum atomic E-state index is 12.0. The number of carbonyl (C=O) groups is 1. The topological polar surface area (TPSA) is 67.0 Å². The molecular weight excluding hydrogens is 346 g/mol. The van der Waals surface area contributed by atoms with Crippen LogP contribution in [0, 0.1) is 6.92 Å². The number of amides is 1. The van der Waals surface area contributed by atoms with Gasteiger partial charge in [-0.25, -0.2) is 0 Å². The standard InChI is InChI=1S/C20H19N3O2S/c1-13-18-19(26-12-17(24)21-20(18)23-22-13)15-9-5-6-10-16(15)25-11-14-7-3-2-4-8-14/h2-10,19H,11-12H2,1H3,(H2,21,22,23,24). The van der Waals surface area contributed by atoms with Gasteiger partial charge in [-0.3, -0.25) is 9.89 Å². The van der Waals surface area contributed by atoms with Crippen LogP contribution in [0.5, 0.6) is 5.75 Å². The summed E-state index contributed by atoms with van der Waals surface area (Å²) in [5.74, 6) is 1.79. The summed E-state index contributed by atoms with van der Waals surface area (Å²) in [6.45, 7) is 2.48. The van der Waals surface area contributed by atoms with Crippen molar-refractivity contribution in [2.75, 3.05) is 11.1 Å². The molecule has 0 saturated heterocycles. The highest BCUT2D eigenvalue weighted by atomic mass is 32.2. The zero-order valence-electron chi connectivity index (χ0n) is 14.4. The quantitative estimate of drug-likeness (QED) is 0.731. The maximum Gasteiger partial charge on any atom is 0.235 e. The second kappa shape index (κ2) is 7.25. The average Bonchev–Trinajstić information content (AvgIpc) is 2.93. The molecule has 0 bridgehead atoms. The van der Waals surface area contributed by atoms with Crippen LogP contribution in [-0.4, -0.2) is 21.9 Å². The lowest BCUT2D eigenvalue weighted by molar-refractivity contribution is -0.113. The Balaban J connectivity index is 1.67. The van der Waals surface area contributed by atoms with Gasteiger partial charge >= 0.3 is 0 Å². The summed E-state index contributed by atoms with van der Waals surface area (Å²) in [4.78, 5) is 12.0. The summed E-state index contributed by atoms with van der Waals surface area (Å²) in [6, 6.07) is 18.1. The minimum absolute atomic E-state index is 0.0188. The third-order valence-electron chi connectivity index (χ3n) is 4.33. The van der Waals surface area contributed by atoms with E-state index < -0.39 is 0 Å². The smallest absolute Gasteiger partial charge is 0.235 e. The Hall–Kier alpha value is -2.73. The van der Waals surface area contributed by atoms with E-state index in [1.54, 1.807) is 11.8 Å². The van der Waals surface area contributed by atoms with Crippen molar-refractivity contribution in [2.45, 2.75) is 18.8 Å². The molecule has 1 unspecified atom stereocenters. The molecule has 1 aliphatic rings. The molecule has 0 fully saturated rings. The van der Waals surface area contributed by atoms with Crippen LogP contribution < -0.4 is 10.1 Å². The number of hydrogen-bond donors (Lipinski definition) is 2. The molecule has 3 aromatic rings. The lowest BCUT2D eigenvalue weighted by atomic mass is 10.0. The first-order valence-corrected chi connectivity index (χ1v) is 9.49. The predicted molar refractivity (Wildman–Crippen MR) is 103 cm³/mol. The van der Waals surface area contributed by atoms with Crippen molar-refractivity contribution in [3.05, 3.63) is 77.0 Å². The molecule has 6 heteroatoms. The van der Waals surface area contributed by atoms with Gasteiger partial charge in [0, 0.05) is 16.8 Å². The van der Waals surface area contributed by atoms with Gasteiger partial charge in [0.15, 0.2) is 5.82 Å². The summed E-state index contributed by atoms with van der Waals surface area (Å²) in [5, 5.41) is 10.1. The largest absolute Gasteiger partial charge is 0.489 e. The van der Waals surface area contributed by atoms with Crippen molar-refractivity contribution in [1.29, 1.82) is 0 Å². The Kier molecular flexibility index (Phi) is 4.67. The summed E-state index contributed by atoms with van der Waals surface area (Å²) >= 11 is 1.59. The number of ether oxygens (including phenoxy) is 1. The molecule has 2 N–H and O–H groups in total. The number of aromatic amines is 1. The van der Waals surface area contributed by atoms with Crippen LogP contribution in [0.4, 0.5) is 5.82 Å². The first-order chi connectivity index (χ1) is 12.7. The fourth-order valence-electron chi connectivity index (χ4n) is 3.07. The normalized spacial score (nSPS) is 16.5. The van der Waals surface area contributed by atoms with Gasteiger partial charge in [-0.1, -0.05) is 48.5 Å². The molecule has 1 aromatic heterocycles. The number of nitrogens with one attached hydrogen (secondary N) is 2. The molecule has 26 heavy (non-hydrogen) atoms. The van der Waals surface area contributed by atoms with Crippen molar-refractivity contribution in [2.24, 2.45) is 0 Å². The van der Waals surface area contributed by atoms with E-state index in [9.17, 15) is 4.79 Å². The number of fused-ring (bicyclic) bond motifs is 1. The van der Waals surface area contributed by atoms with Gasteiger partial charge in [0.25, 0.3) is 0 Å². The molecule has 5 nitrogen and oxygen atoms in total. The van der Waals surface area contributed by atoms with E-state index in [-0.39, 0.29) is 11.2 Å². The lowest BCUT2D eigenvalue weighted by Gasteiger charge is -2.19. The van der Waals surface area contributed by atoms with E-state index in [1.807, 2.05) is 55.5 Å². The molecule has 0 aliphatic carbocycles. The van der Waals surface area contributed by atoms with Gasteiger partial charge < -0.3 is 10.1 Å². The molecule has 4 rings (SSSR count). The van der Waals surface area contributed by atoms with E-state index in [0.29, 0.717) is 18.2 Å². The van der Waals surface area contributed by atoms with Crippen molar-refractivity contribution >= 4 is 23.5 Å². The van der Waals surface area contributed by atoms with E-state index in [0.717, 1.165) is 28.1 Å². The minimum Gasteiger partial charge on any atom is -0.489 e. The van der Waals surface area contributed by atoms with Crippen LogP contribution in [0.2, 0.25) is 0 Å². The number of aromatic nitrogens is 2. The number of aryl methyl sites for hydroxylation is 1. The molecule has 2 heterocycles. The van der Waals surface area contributed by atoms with Gasteiger partial charge in [-0.05, 0) is 18.6 Å². The fraction of sp³-hybridized carbons (Fsp3) is 0.200. The first-order valence-electron chi connectivity index (χ1n) is 8.44. The molecule has 1 aliphatic heterocycles. The highest BCUT2D eigenvalue weighted by Crippen LogP contribution is 2.45. The van der Waals surface area contributed by atoms with E-state index in [2.05, 4.69) is 21.6 Å². The van der Waals surface area contributed by atoms with E-state index in [4.69, 9.17) is 4.74 Å². The molecule has 0 saturated carbocycles. The van der Waals surface area contributed by atoms with Gasteiger partial charge in [-0.2, -0.15) is 5.10 Å². The Morgan fingerprint density at radius 3 is 2.77 bits per heavy atom. The van der Waals surface area contributed by atoms with Crippen LogP contribution in [0.3, 0.4) is 0 Å². The van der Waals surface area contributed by atoms with Crippen LogP contribution in [-0.2, 0) is 11.4 Å². The minimum atomic E-state index is -0.0343. The van der Waals surface area contributed by atoms with Crippen LogP contribution in [0.1, 0.15) is 27.6 Å². The number of hydrogen-bond acceptors (Lipinski definition) is 4. The van der Waals surface area contributed by atoms with Crippen LogP contribution in [0.25, 0.3) is 0 Å². The number of nitrogens with zero attached hydrogens (tertiary/aromatic N) is 1. The molecule has 1 amide bonds. The first kappa shape index (κ1) is 16.7. The number of H-pyrrole nitrogens is 1. The van der Waals surface area contributed by atoms with Crippen molar-refractivity contribution < 1.29 is 9.53 Å². The fourth-order valence-corrected chi connectivity index (χ4v) is 4.29. The van der Waals surface area contributed by atoms with Gasteiger partial charge in [0.05, 0.1) is 11.0 Å². The van der Waals surface area contributed by atoms with E-state index in [1.165, 1.54) is 0 Å². The maximum absolute atomic E-state index is 12.0.